The van der Waals surface area contributed by atoms with Crippen molar-refractivity contribution in [1.29, 1.82) is 0 Å². The minimum atomic E-state index is -3.42. The highest BCUT2D eigenvalue weighted by Gasteiger charge is 2.16. The van der Waals surface area contributed by atoms with Crippen molar-refractivity contribution >= 4 is 21.4 Å². The zero-order chi connectivity index (χ0) is 14.8. The molecule has 0 aliphatic rings. The van der Waals surface area contributed by atoms with Crippen molar-refractivity contribution in [3.05, 3.63) is 34.4 Å². The molecule has 0 amide bonds. The Kier molecular flexibility index (Phi) is 4.62. The summed E-state index contributed by atoms with van der Waals surface area (Å²) in [6.07, 6.45) is 1.37. The average molecular weight is 314 g/mol. The van der Waals surface area contributed by atoms with Crippen molar-refractivity contribution < 1.29 is 12.8 Å². The van der Waals surface area contributed by atoms with E-state index in [4.69, 9.17) is 4.42 Å². The third-order valence-corrected chi connectivity index (χ3v) is 6.09. The molecule has 0 unspecified atom stereocenters. The van der Waals surface area contributed by atoms with Gasteiger partial charge in [0.1, 0.15) is 9.97 Å². The molecule has 110 valence electrons. The number of aryl methyl sites for hydroxylation is 3. The first-order valence-electron chi connectivity index (χ1n) is 6.43. The summed E-state index contributed by atoms with van der Waals surface area (Å²) in [6.45, 7) is 5.93. The monoisotopic (exact) mass is 314 g/mol. The summed E-state index contributed by atoms with van der Waals surface area (Å²) in [5.41, 5.74) is 0.797. The third-order valence-electron chi connectivity index (χ3n) is 2.90. The van der Waals surface area contributed by atoms with Crippen LogP contribution in [0.5, 0.6) is 0 Å². The van der Waals surface area contributed by atoms with E-state index < -0.39 is 10.0 Å². The summed E-state index contributed by atoms with van der Waals surface area (Å²) >= 11 is 1.31. The Labute approximate surface area is 123 Å². The van der Waals surface area contributed by atoms with Crippen LogP contribution in [-0.2, 0) is 22.9 Å². The molecule has 0 aliphatic heterocycles. The van der Waals surface area contributed by atoms with E-state index in [-0.39, 0.29) is 0 Å². The summed E-state index contributed by atoms with van der Waals surface area (Å²) in [5, 5.41) is 0. The molecule has 0 spiro atoms. The van der Waals surface area contributed by atoms with Crippen LogP contribution in [0.25, 0.3) is 0 Å². The highest BCUT2D eigenvalue weighted by molar-refractivity contribution is 7.91. The molecule has 5 nitrogen and oxygen atoms in total. The Bertz CT molecular complexity index is 686. The van der Waals surface area contributed by atoms with E-state index in [1.807, 2.05) is 19.9 Å². The van der Waals surface area contributed by atoms with Gasteiger partial charge in [-0.3, -0.25) is 0 Å². The van der Waals surface area contributed by atoms with E-state index in [1.165, 1.54) is 11.3 Å². The summed E-state index contributed by atoms with van der Waals surface area (Å²) in [4.78, 5) is 5.28. The molecule has 2 aromatic heterocycles. The van der Waals surface area contributed by atoms with Crippen LogP contribution in [0.2, 0.25) is 0 Å². The Balaban J connectivity index is 1.97. The average Bonchev–Trinajstić information content (AvgIpc) is 2.97. The Morgan fingerprint density at radius 1 is 1.35 bits per heavy atom. The van der Waals surface area contributed by atoms with Crippen LogP contribution in [0.1, 0.15) is 29.1 Å². The number of sulfonamides is 1. The molecule has 0 fully saturated rings. The second-order valence-corrected chi connectivity index (χ2v) is 7.62. The summed E-state index contributed by atoms with van der Waals surface area (Å²) in [6, 6.07) is 3.50. The van der Waals surface area contributed by atoms with E-state index in [1.54, 1.807) is 13.0 Å². The van der Waals surface area contributed by atoms with Gasteiger partial charge in [-0.2, -0.15) is 0 Å². The van der Waals surface area contributed by atoms with Gasteiger partial charge in [0.25, 0.3) is 0 Å². The molecular formula is C13H18N2O3S2. The lowest BCUT2D eigenvalue weighted by Gasteiger charge is -2.03. The van der Waals surface area contributed by atoms with Gasteiger partial charge in [-0.1, -0.05) is 6.92 Å². The molecule has 2 aromatic rings. The molecule has 7 heteroatoms. The van der Waals surface area contributed by atoms with Gasteiger partial charge in [0.05, 0.1) is 5.69 Å². The fourth-order valence-corrected chi connectivity index (χ4v) is 4.24. The molecule has 0 saturated carbocycles. The van der Waals surface area contributed by atoms with Gasteiger partial charge in [-0.25, -0.2) is 18.1 Å². The number of hydrogen-bond acceptors (Lipinski definition) is 5. The SMILES string of the molecule is CCc1ccc(S(=O)(=O)NCCc2nc(C)oc2C)s1. The van der Waals surface area contributed by atoms with Crippen LogP contribution in [0.4, 0.5) is 0 Å². The minimum absolute atomic E-state index is 0.314. The molecule has 2 heterocycles. The highest BCUT2D eigenvalue weighted by Crippen LogP contribution is 2.21. The van der Waals surface area contributed by atoms with Crippen LogP contribution in [0.15, 0.2) is 20.8 Å². The van der Waals surface area contributed by atoms with Crippen LogP contribution in [0, 0.1) is 13.8 Å². The van der Waals surface area contributed by atoms with Gasteiger partial charge >= 0.3 is 0 Å². The zero-order valence-electron chi connectivity index (χ0n) is 11.8. The maximum absolute atomic E-state index is 12.1. The minimum Gasteiger partial charge on any atom is -0.446 e. The van der Waals surface area contributed by atoms with Crippen LogP contribution in [-0.4, -0.2) is 19.9 Å². The maximum Gasteiger partial charge on any atom is 0.250 e. The van der Waals surface area contributed by atoms with E-state index in [9.17, 15) is 8.42 Å². The molecule has 1 N–H and O–H groups in total. The molecule has 0 atom stereocenters. The quantitative estimate of drug-likeness (QED) is 0.889. The van der Waals surface area contributed by atoms with E-state index in [0.717, 1.165) is 22.8 Å². The van der Waals surface area contributed by atoms with Crippen LogP contribution in [0.3, 0.4) is 0 Å². The standard InChI is InChI=1S/C13H18N2O3S2/c1-4-11-5-6-13(19-11)20(16,17)14-8-7-12-9(2)18-10(3)15-12/h5-6,14H,4,7-8H2,1-3H3. The molecular weight excluding hydrogens is 296 g/mol. The van der Waals surface area contributed by atoms with Crippen molar-refractivity contribution in [1.82, 2.24) is 9.71 Å². The number of thiophene rings is 1. The van der Waals surface area contributed by atoms with Crippen LogP contribution < -0.4 is 4.72 Å². The number of aromatic nitrogens is 1. The highest BCUT2D eigenvalue weighted by atomic mass is 32.2. The topological polar surface area (TPSA) is 72.2 Å². The lowest BCUT2D eigenvalue weighted by molar-refractivity contribution is 0.492. The fraction of sp³-hybridized carbons (Fsp3) is 0.462. The lowest BCUT2D eigenvalue weighted by atomic mass is 10.3. The van der Waals surface area contributed by atoms with E-state index >= 15 is 0 Å². The molecule has 0 bridgehead atoms. The smallest absolute Gasteiger partial charge is 0.250 e. The maximum atomic E-state index is 12.1. The lowest BCUT2D eigenvalue weighted by Crippen LogP contribution is -2.25. The number of oxazole rings is 1. The first kappa shape index (κ1) is 15.2. The summed E-state index contributed by atoms with van der Waals surface area (Å²) in [5.74, 6) is 1.34. The normalized spacial score (nSPS) is 11.9. The number of nitrogens with one attached hydrogen (secondary N) is 1. The van der Waals surface area contributed by atoms with Crippen molar-refractivity contribution in [3.63, 3.8) is 0 Å². The largest absolute Gasteiger partial charge is 0.446 e. The number of hydrogen-bond donors (Lipinski definition) is 1. The molecule has 20 heavy (non-hydrogen) atoms. The Hall–Kier alpha value is -1.18. The van der Waals surface area contributed by atoms with Crippen molar-refractivity contribution in [2.75, 3.05) is 6.54 Å². The second-order valence-electron chi connectivity index (χ2n) is 4.46. The van der Waals surface area contributed by atoms with Gasteiger partial charge in [0.2, 0.25) is 10.0 Å². The van der Waals surface area contributed by atoms with Gasteiger partial charge in [-0.15, -0.1) is 11.3 Å². The Morgan fingerprint density at radius 3 is 2.65 bits per heavy atom. The van der Waals surface area contributed by atoms with Crippen molar-refractivity contribution in [2.45, 2.75) is 37.8 Å². The van der Waals surface area contributed by atoms with Crippen molar-refractivity contribution in [3.8, 4) is 0 Å². The van der Waals surface area contributed by atoms with E-state index in [0.29, 0.717) is 23.1 Å². The number of nitrogens with zero attached hydrogens (tertiary/aromatic N) is 1. The third kappa shape index (κ3) is 3.47. The molecule has 0 aliphatic carbocycles. The molecule has 0 saturated heterocycles. The van der Waals surface area contributed by atoms with Crippen molar-refractivity contribution in [2.24, 2.45) is 0 Å². The van der Waals surface area contributed by atoms with Gasteiger partial charge in [-0.05, 0) is 25.5 Å². The molecule has 2 rings (SSSR count). The predicted molar refractivity (Wildman–Crippen MR) is 78.6 cm³/mol. The van der Waals surface area contributed by atoms with Gasteiger partial charge < -0.3 is 4.42 Å². The van der Waals surface area contributed by atoms with Crippen LogP contribution >= 0.6 is 11.3 Å². The summed E-state index contributed by atoms with van der Waals surface area (Å²) in [7, 11) is -3.42. The zero-order valence-corrected chi connectivity index (χ0v) is 13.4. The predicted octanol–water partition coefficient (Wildman–Crippen LogP) is 2.44. The second kappa shape index (κ2) is 6.07. The first-order valence-corrected chi connectivity index (χ1v) is 8.73. The van der Waals surface area contributed by atoms with Gasteiger partial charge in [0.15, 0.2) is 5.89 Å². The van der Waals surface area contributed by atoms with Gasteiger partial charge in [0, 0.05) is 24.8 Å². The molecule has 0 radical (unpaired) electrons. The fourth-order valence-electron chi connectivity index (χ4n) is 1.87. The first-order chi connectivity index (χ1) is 9.42. The van der Waals surface area contributed by atoms with E-state index in [2.05, 4.69) is 9.71 Å². The number of rotatable bonds is 6. The summed E-state index contributed by atoms with van der Waals surface area (Å²) < 4.78 is 32.5. The Morgan fingerprint density at radius 2 is 2.10 bits per heavy atom. The molecule has 0 aromatic carbocycles.